The average Bonchev–Trinajstić information content (AvgIpc) is 2.64. The number of sulfonamides is 1. The molecular weight excluding hydrogens is 374 g/mol. The first-order valence-electron chi connectivity index (χ1n) is 7.93. The van der Waals surface area contributed by atoms with Crippen molar-refractivity contribution in [2.24, 2.45) is 0 Å². The van der Waals surface area contributed by atoms with Crippen LogP contribution in [0.1, 0.15) is 11.3 Å². The molecule has 0 aliphatic heterocycles. The Morgan fingerprint density at radius 1 is 1.04 bits per heavy atom. The molecule has 2 aromatic heterocycles. The van der Waals surface area contributed by atoms with E-state index in [1.165, 1.54) is 18.3 Å². The summed E-state index contributed by atoms with van der Waals surface area (Å²) >= 11 is 0. The summed E-state index contributed by atoms with van der Waals surface area (Å²) in [5.74, 6) is -1.72. The van der Waals surface area contributed by atoms with Gasteiger partial charge in [-0.2, -0.15) is 0 Å². The second kappa shape index (κ2) is 7.67. The van der Waals surface area contributed by atoms with Crippen LogP contribution in [0.5, 0.6) is 0 Å². The lowest BCUT2D eigenvalue weighted by atomic mass is 10.2. The fraction of sp³-hybridized carbons (Fsp3) is 0.111. The van der Waals surface area contributed by atoms with Gasteiger partial charge in [-0.25, -0.2) is 22.2 Å². The van der Waals surface area contributed by atoms with Crippen molar-refractivity contribution in [2.45, 2.75) is 18.4 Å². The summed E-state index contributed by atoms with van der Waals surface area (Å²) in [6.07, 6.45) is 2.87. The zero-order chi connectivity index (χ0) is 19.4. The van der Waals surface area contributed by atoms with Gasteiger partial charge in [-0.05, 0) is 42.8 Å². The number of nitrogens with zero attached hydrogens (tertiary/aromatic N) is 2. The molecule has 9 heteroatoms. The zero-order valence-electron chi connectivity index (χ0n) is 14.3. The van der Waals surface area contributed by atoms with Gasteiger partial charge in [0, 0.05) is 18.5 Å². The number of aryl methyl sites for hydroxylation is 1. The topological polar surface area (TPSA) is 84.0 Å². The van der Waals surface area contributed by atoms with E-state index in [0.717, 1.165) is 29.5 Å². The Kier molecular flexibility index (Phi) is 5.31. The van der Waals surface area contributed by atoms with Gasteiger partial charge in [-0.1, -0.05) is 6.07 Å². The number of aromatic nitrogens is 2. The van der Waals surface area contributed by atoms with Crippen LogP contribution < -0.4 is 10.0 Å². The third-order valence-corrected chi connectivity index (χ3v) is 5.14. The van der Waals surface area contributed by atoms with Crippen LogP contribution in [0.25, 0.3) is 0 Å². The fourth-order valence-corrected chi connectivity index (χ4v) is 3.29. The molecule has 0 bridgehead atoms. The molecule has 0 unspecified atom stereocenters. The monoisotopic (exact) mass is 390 g/mol. The number of halogens is 2. The molecule has 140 valence electrons. The summed E-state index contributed by atoms with van der Waals surface area (Å²) in [7, 11) is -3.98. The van der Waals surface area contributed by atoms with Gasteiger partial charge in [0.2, 0.25) is 0 Å². The molecule has 0 spiro atoms. The largest absolute Gasteiger partial charge is 0.364 e. The lowest BCUT2D eigenvalue weighted by molar-refractivity contribution is 0.509. The van der Waals surface area contributed by atoms with Crippen molar-refractivity contribution in [1.29, 1.82) is 0 Å². The van der Waals surface area contributed by atoms with Crippen molar-refractivity contribution in [3.63, 3.8) is 0 Å². The molecule has 6 nitrogen and oxygen atoms in total. The zero-order valence-corrected chi connectivity index (χ0v) is 15.1. The first kappa shape index (κ1) is 18.7. The van der Waals surface area contributed by atoms with Gasteiger partial charge in [0.1, 0.15) is 10.7 Å². The van der Waals surface area contributed by atoms with Crippen LogP contribution in [-0.4, -0.2) is 18.4 Å². The number of nitrogens with one attached hydrogen (secondary N) is 2. The molecule has 0 aliphatic carbocycles. The van der Waals surface area contributed by atoms with E-state index in [1.54, 1.807) is 6.20 Å². The van der Waals surface area contributed by atoms with Crippen molar-refractivity contribution >= 4 is 21.5 Å². The molecule has 0 atom stereocenters. The van der Waals surface area contributed by atoms with Crippen LogP contribution in [0.3, 0.4) is 0 Å². The van der Waals surface area contributed by atoms with E-state index in [1.807, 2.05) is 19.1 Å². The highest BCUT2D eigenvalue weighted by Gasteiger charge is 2.16. The van der Waals surface area contributed by atoms with Crippen LogP contribution >= 0.6 is 0 Å². The van der Waals surface area contributed by atoms with E-state index < -0.39 is 21.7 Å². The molecule has 3 rings (SSSR count). The molecule has 0 amide bonds. The molecule has 0 fully saturated rings. The van der Waals surface area contributed by atoms with Crippen LogP contribution in [0.2, 0.25) is 0 Å². The minimum Gasteiger partial charge on any atom is -0.364 e. The van der Waals surface area contributed by atoms with Crippen molar-refractivity contribution < 1.29 is 17.2 Å². The Labute approximate surface area is 155 Å². The molecule has 0 aliphatic rings. The quantitative estimate of drug-likeness (QED) is 0.673. The van der Waals surface area contributed by atoms with Gasteiger partial charge < -0.3 is 5.32 Å². The van der Waals surface area contributed by atoms with Crippen molar-refractivity contribution in [3.05, 3.63) is 77.8 Å². The van der Waals surface area contributed by atoms with Crippen LogP contribution in [-0.2, 0) is 16.6 Å². The highest BCUT2D eigenvalue weighted by atomic mass is 32.2. The van der Waals surface area contributed by atoms with E-state index in [-0.39, 0.29) is 10.6 Å². The first-order valence-corrected chi connectivity index (χ1v) is 9.42. The Morgan fingerprint density at radius 2 is 1.85 bits per heavy atom. The van der Waals surface area contributed by atoms with Gasteiger partial charge in [0.15, 0.2) is 11.6 Å². The molecule has 0 radical (unpaired) electrons. The first-order chi connectivity index (χ1) is 12.8. The Morgan fingerprint density at radius 3 is 2.52 bits per heavy atom. The average molecular weight is 390 g/mol. The molecule has 2 N–H and O–H groups in total. The van der Waals surface area contributed by atoms with E-state index in [4.69, 9.17) is 0 Å². The number of anilines is 2. The van der Waals surface area contributed by atoms with Gasteiger partial charge >= 0.3 is 0 Å². The number of benzene rings is 1. The second-order valence-electron chi connectivity index (χ2n) is 5.73. The predicted molar refractivity (Wildman–Crippen MR) is 97.7 cm³/mol. The summed E-state index contributed by atoms with van der Waals surface area (Å²) in [6.45, 7) is 2.38. The molecule has 0 saturated carbocycles. The maximum absolute atomic E-state index is 13.2. The normalized spacial score (nSPS) is 11.2. The van der Waals surface area contributed by atoms with Crippen molar-refractivity contribution in [2.75, 3.05) is 10.0 Å². The van der Waals surface area contributed by atoms with Crippen LogP contribution in [0.4, 0.5) is 20.3 Å². The lowest BCUT2D eigenvalue weighted by Gasteiger charge is -2.10. The van der Waals surface area contributed by atoms with Gasteiger partial charge in [0.05, 0.1) is 17.9 Å². The minimum atomic E-state index is -3.98. The molecule has 27 heavy (non-hydrogen) atoms. The van der Waals surface area contributed by atoms with Crippen molar-refractivity contribution in [1.82, 2.24) is 9.97 Å². The molecule has 1 aromatic carbocycles. The Bertz CT molecular complexity index is 1060. The third kappa shape index (κ3) is 4.56. The van der Waals surface area contributed by atoms with Gasteiger partial charge in [-0.3, -0.25) is 9.71 Å². The molecular formula is C18H16F2N4O2S. The molecule has 0 saturated heterocycles. The summed E-state index contributed by atoms with van der Waals surface area (Å²) in [6, 6.07) is 9.41. The highest BCUT2D eigenvalue weighted by molar-refractivity contribution is 7.92. The molecule has 2 heterocycles. The summed E-state index contributed by atoms with van der Waals surface area (Å²) in [4.78, 5) is 8.22. The fourth-order valence-electron chi connectivity index (χ4n) is 2.30. The second-order valence-corrected chi connectivity index (χ2v) is 7.42. The third-order valence-electron chi connectivity index (χ3n) is 3.77. The standard InChI is InChI=1S/C18H16F2N4O2S/c1-12-3-2-8-21-17(12)11-23-18-7-5-14(10-22-18)27(25,26)24-13-4-6-15(19)16(20)9-13/h2-10,24H,11H2,1H3,(H,22,23). The van der Waals surface area contributed by atoms with Gasteiger partial charge in [0.25, 0.3) is 10.0 Å². The summed E-state index contributed by atoms with van der Waals surface area (Å²) < 4.78 is 53.0. The van der Waals surface area contributed by atoms with Crippen LogP contribution in [0, 0.1) is 18.6 Å². The van der Waals surface area contributed by atoms with Gasteiger partial charge in [-0.15, -0.1) is 0 Å². The van der Waals surface area contributed by atoms with E-state index >= 15 is 0 Å². The highest BCUT2D eigenvalue weighted by Crippen LogP contribution is 2.19. The Balaban J connectivity index is 1.70. The predicted octanol–water partition coefficient (Wildman–Crippen LogP) is 3.48. The van der Waals surface area contributed by atoms with Crippen LogP contribution in [0.15, 0.2) is 59.8 Å². The number of pyridine rings is 2. The van der Waals surface area contributed by atoms with E-state index in [9.17, 15) is 17.2 Å². The number of hydrogen-bond acceptors (Lipinski definition) is 5. The smallest absolute Gasteiger partial charge is 0.263 e. The maximum Gasteiger partial charge on any atom is 0.263 e. The minimum absolute atomic E-state index is 0.0817. The Hall–Kier alpha value is -3.07. The van der Waals surface area contributed by atoms with Crippen molar-refractivity contribution in [3.8, 4) is 0 Å². The molecule has 3 aromatic rings. The summed E-state index contributed by atoms with van der Waals surface area (Å²) in [5, 5.41) is 3.06. The summed E-state index contributed by atoms with van der Waals surface area (Å²) in [5.41, 5.74) is 1.80. The SMILES string of the molecule is Cc1cccnc1CNc1ccc(S(=O)(=O)Nc2ccc(F)c(F)c2)cn1. The maximum atomic E-state index is 13.2. The number of hydrogen-bond donors (Lipinski definition) is 2. The number of rotatable bonds is 6. The van der Waals surface area contributed by atoms with E-state index in [2.05, 4.69) is 20.0 Å². The lowest BCUT2D eigenvalue weighted by Crippen LogP contribution is -2.14. The van der Waals surface area contributed by atoms with E-state index in [0.29, 0.717) is 12.4 Å².